The zero-order valence-electron chi connectivity index (χ0n) is 11.7. The lowest BCUT2D eigenvalue weighted by molar-refractivity contribution is 0.0686. The molecule has 1 aliphatic heterocycles. The fourth-order valence-corrected chi connectivity index (χ4v) is 4.28. The maximum Gasteiger partial charge on any atom is 0.146 e. The van der Waals surface area contributed by atoms with Crippen molar-refractivity contribution in [2.24, 2.45) is 11.7 Å². The number of fused-ring (bicyclic) bond motifs is 1. The minimum absolute atomic E-state index is 0.0420. The van der Waals surface area contributed by atoms with Crippen LogP contribution in [0.2, 0.25) is 5.02 Å². The molecule has 0 bridgehead atoms. The van der Waals surface area contributed by atoms with Gasteiger partial charge in [-0.05, 0) is 44.2 Å². The Bertz CT molecular complexity index is 480. The molecule has 0 aromatic heterocycles. The van der Waals surface area contributed by atoms with Crippen LogP contribution in [0.25, 0.3) is 0 Å². The summed E-state index contributed by atoms with van der Waals surface area (Å²) in [6.07, 6.45) is 6.34. The zero-order valence-corrected chi connectivity index (χ0v) is 12.5. The van der Waals surface area contributed by atoms with Gasteiger partial charge < -0.3 is 5.73 Å². The molecule has 1 heterocycles. The van der Waals surface area contributed by atoms with E-state index in [4.69, 9.17) is 17.3 Å². The topological polar surface area (TPSA) is 29.3 Å². The van der Waals surface area contributed by atoms with Gasteiger partial charge in [0.15, 0.2) is 0 Å². The summed E-state index contributed by atoms with van der Waals surface area (Å²) in [5.74, 6) is 0.477. The molecule has 1 saturated heterocycles. The highest BCUT2D eigenvalue weighted by Gasteiger charge is 2.38. The average molecular weight is 297 g/mol. The van der Waals surface area contributed by atoms with Crippen LogP contribution in [0.1, 0.15) is 43.7 Å². The summed E-state index contributed by atoms with van der Waals surface area (Å²) in [7, 11) is 0. The minimum atomic E-state index is -0.301. The number of hydrogen-bond acceptors (Lipinski definition) is 2. The molecule has 110 valence electrons. The van der Waals surface area contributed by atoms with Gasteiger partial charge in [-0.25, -0.2) is 4.39 Å². The molecule has 2 N–H and O–H groups in total. The van der Waals surface area contributed by atoms with E-state index in [1.165, 1.54) is 32.1 Å². The van der Waals surface area contributed by atoms with E-state index in [2.05, 4.69) is 4.90 Å². The SMILES string of the molecule is NCC(c1cccc(Cl)c1F)N1CCCC2CCCC21. The normalized spacial score (nSPS) is 28.4. The van der Waals surface area contributed by atoms with Gasteiger partial charge in [-0.3, -0.25) is 4.90 Å². The molecule has 1 aliphatic carbocycles. The number of nitrogens with zero attached hydrogens (tertiary/aromatic N) is 1. The fourth-order valence-electron chi connectivity index (χ4n) is 4.10. The van der Waals surface area contributed by atoms with Crippen molar-refractivity contribution in [2.45, 2.75) is 44.2 Å². The predicted molar refractivity (Wildman–Crippen MR) is 80.3 cm³/mol. The summed E-state index contributed by atoms with van der Waals surface area (Å²) in [5.41, 5.74) is 6.65. The van der Waals surface area contributed by atoms with Crippen molar-refractivity contribution in [1.29, 1.82) is 0 Å². The van der Waals surface area contributed by atoms with E-state index in [-0.39, 0.29) is 16.9 Å². The van der Waals surface area contributed by atoms with Crippen molar-refractivity contribution in [1.82, 2.24) is 4.90 Å². The Morgan fingerprint density at radius 3 is 2.90 bits per heavy atom. The Balaban J connectivity index is 1.90. The van der Waals surface area contributed by atoms with Crippen molar-refractivity contribution in [3.8, 4) is 0 Å². The predicted octanol–water partition coefficient (Wildman–Crippen LogP) is 3.74. The van der Waals surface area contributed by atoms with E-state index in [9.17, 15) is 4.39 Å². The summed E-state index contributed by atoms with van der Waals surface area (Å²) in [5, 5.41) is 0.195. The summed E-state index contributed by atoms with van der Waals surface area (Å²) >= 11 is 5.93. The molecule has 20 heavy (non-hydrogen) atoms. The van der Waals surface area contributed by atoms with Gasteiger partial charge in [-0.2, -0.15) is 0 Å². The Morgan fingerprint density at radius 2 is 2.10 bits per heavy atom. The van der Waals surface area contributed by atoms with E-state index in [0.717, 1.165) is 12.5 Å². The van der Waals surface area contributed by atoms with Gasteiger partial charge in [0.25, 0.3) is 0 Å². The van der Waals surface area contributed by atoms with E-state index < -0.39 is 0 Å². The average Bonchev–Trinajstić information content (AvgIpc) is 2.93. The van der Waals surface area contributed by atoms with Gasteiger partial charge >= 0.3 is 0 Å². The number of rotatable bonds is 3. The molecule has 2 nitrogen and oxygen atoms in total. The van der Waals surface area contributed by atoms with Crippen LogP contribution in [0.15, 0.2) is 18.2 Å². The lowest BCUT2D eigenvalue weighted by atomic mass is 9.89. The van der Waals surface area contributed by atoms with Crippen molar-refractivity contribution < 1.29 is 4.39 Å². The van der Waals surface area contributed by atoms with Crippen LogP contribution in [-0.4, -0.2) is 24.0 Å². The molecule has 1 aromatic rings. The van der Waals surface area contributed by atoms with E-state index >= 15 is 0 Å². The van der Waals surface area contributed by atoms with E-state index in [1.54, 1.807) is 6.07 Å². The Kier molecular flexibility index (Phi) is 4.29. The second kappa shape index (κ2) is 6.00. The third kappa shape index (κ3) is 2.47. The molecule has 4 heteroatoms. The molecule has 3 rings (SSSR count). The summed E-state index contributed by atoms with van der Waals surface area (Å²) in [6.45, 7) is 1.47. The third-order valence-corrected chi connectivity index (χ3v) is 5.29. The van der Waals surface area contributed by atoms with Crippen LogP contribution >= 0.6 is 11.6 Å². The van der Waals surface area contributed by atoms with Crippen molar-refractivity contribution in [3.63, 3.8) is 0 Å². The number of benzene rings is 1. The molecule has 1 aromatic carbocycles. The number of hydrogen-bond donors (Lipinski definition) is 1. The van der Waals surface area contributed by atoms with Crippen molar-refractivity contribution in [2.75, 3.05) is 13.1 Å². The van der Waals surface area contributed by atoms with Gasteiger partial charge in [0.05, 0.1) is 11.1 Å². The molecular weight excluding hydrogens is 275 g/mol. The molecular formula is C16H22ClFN2. The molecule has 1 saturated carbocycles. The standard InChI is InChI=1S/C16H22ClFN2/c17-13-7-2-6-12(16(13)18)15(10-19)20-9-3-5-11-4-1-8-14(11)20/h2,6-7,11,14-15H,1,3-5,8-10,19H2. The van der Waals surface area contributed by atoms with Crippen LogP contribution in [0.3, 0.4) is 0 Å². The molecule has 0 radical (unpaired) electrons. The van der Waals surface area contributed by atoms with Gasteiger partial charge in [-0.15, -0.1) is 0 Å². The van der Waals surface area contributed by atoms with Crippen LogP contribution in [0.5, 0.6) is 0 Å². The Labute approximate surface area is 125 Å². The first-order valence-electron chi connectivity index (χ1n) is 7.62. The largest absolute Gasteiger partial charge is 0.329 e. The van der Waals surface area contributed by atoms with Crippen LogP contribution in [0.4, 0.5) is 4.39 Å². The van der Waals surface area contributed by atoms with E-state index in [0.29, 0.717) is 18.2 Å². The maximum absolute atomic E-state index is 14.3. The number of halogens is 2. The summed E-state index contributed by atoms with van der Waals surface area (Å²) in [4.78, 5) is 2.44. The monoisotopic (exact) mass is 296 g/mol. The smallest absolute Gasteiger partial charge is 0.146 e. The van der Waals surface area contributed by atoms with E-state index in [1.807, 2.05) is 12.1 Å². The highest BCUT2D eigenvalue weighted by Crippen LogP contribution is 2.41. The second-order valence-electron chi connectivity index (χ2n) is 6.03. The molecule has 2 fully saturated rings. The molecule has 2 aliphatic rings. The van der Waals surface area contributed by atoms with Crippen LogP contribution < -0.4 is 5.73 Å². The van der Waals surface area contributed by atoms with Gasteiger partial charge in [0.1, 0.15) is 5.82 Å². The molecule has 0 amide bonds. The summed E-state index contributed by atoms with van der Waals surface area (Å²) < 4.78 is 14.3. The van der Waals surface area contributed by atoms with Gasteiger partial charge in [0, 0.05) is 18.2 Å². The number of nitrogens with two attached hydrogens (primary N) is 1. The van der Waals surface area contributed by atoms with Crippen LogP contribution in [-0.2, 0) is 0 Å². The highest BCUT2D eigenvalue weighted by molar-refractivity contribution is 6.30. The van der Waals surface area contributed by atoms with Gasteiger partial charge in [0.2, 0.25) is 0 Å². The molecule has 0 spiro atoms. The Hall–Kier alpha value is -0.640. The summed E-state index contributed by atoms with van der Waals surface area (Å²) in [6, 6.07) is 5.79. The first-order chi connectivity index (χ1) is 9.72. The lowest BCUT2D eigenvalue weighted by Gasteiger charge is -2.42. The number of likely N-dealkylation sites (tertiary alicyclic amines) is 1. The highest BCUT2D eigenvalue weighted by atomic mass is 35.5. The first-order valence-corrected chi connectivity index (χ1v) is 8.00. The fraction of sp³-hybridized carbons (Fsp3) is 0.625. The first kappa shape index (κ1) is 14.3. The second-order valence-corrected chi connectivity index (χ2v) is 6.44. The van der Waals surface area contributed by atoms with Crippen LogP contribution in [0, 0.1) is 11.7 Å². The maximum atomic E-state index is 14.3. The van der Waals surface area contributed by atoms with Crippen molar-refractivity contribution >= 4 is 11.6 Å². The van der Waals surface area contributed by atoms with Gasteiger partial charge in [-0.1, -0.05) is 30.2 Å². The zero-order chi connectivity index (χ0) is 14.1. The quantitative estimate of drug-likeness (QED) is 0.920. The lowest BCUT2D eigenvalue weighted by Crippen LogP contribution is -2.47. The van der Waals surface area contributed by atoms with Crippen molar-refractivity contribution in [3.05, 3.63) is 34.6 Å². The molecule has 3 unspecified atom stereocenters. The molecule has 3 atom stereocenters. The minimum Gasteiger partial charge on any atom is -0.329 e. The number of piperidine rings is 1. The Morgan fingerprint density at radius 1 is 1.30 bits per heavy atom. The third-order valence-electron chi connectivity index (χ3n) is 5.00.